The van der Waals surface area contributed by atoms with E-state index in [-0.39, 0.29) is 5.97 Å². The van der Waals surface area contributed by atoms with Crippen LogP contribution in [0.25, 0.3) is 0 Å². The number of rotatable bonds is 2. The fourth-order valence-corrected chi connectivity index (χ4v) is 2.92. The Morgan fingerprint density at radius 3 is 2.95 bits per heavy atom. The minimum Gasteiger partial charge on any atom is -0.462 e. The molecular formula is C16H14INO2. The van der Waals surface area contributed by atoms with Crippen molar-refractivity contribution < 1.29 is 9.53 Å². The fourth-order valence-electron chi connectivity index (χ4n) is 2.43. The first kappa shape index (κ1) is 13.4. The Morgan fingerprint density at radius 2 is 2.15 bits per heavy atom. The number of hydrogen-bond donors (Lipinski definition) is 1. The Balaban J connectivity index is 2.04. The average Bonchev–Trinajstić information content (AvgIpc) is 2.44. The number of nitrogens with one attached hydrogen (secondary N) is 1. The quantitative estimate of drug-likeness (QED) is 0.538. The molecule has 0 bridgehead atoms. The summed E-state index contributed by atoms with van der Waals surface area (Å²) in [5.74, 6) is -0.272. The van der Waals surface area contributed by atoms with Gasteiger partial charge in [0.1, 0.15) is 0 Å². The molecule has 102 valence electrons. The third kappa shape index (κ3) is 2.40. The number of fused-ring (bicyclic) bond motifs is 2. The molecule has 0 radical (unpaired) electrons. The smallest absolute Gasteiger partial charge is 0.340 e. The highest BCUT2D eigenvalue weighted by Crippen LogP contribution is 2.36. The van der Waals surface area contributed by atoms with E-state index < -0.39 is 0 Å². The number of para-hydroxylation sites is 1. The van der Waals surface area contributed by atoms with Crippen LogP contribution in [0.4, 0.5) is 11.4 Å². The zero-order valence-electron chi connectivity index (χ0n) is 11.1. The van der Waals surface area contributed by atoms with Gasteiger partial charge in [0.2, 0.25) is 0 Å². The van der Waals surface area contributed by atoms with Crippen LogP contribution in [-0.2, 0) is 11.2 Å². The predicted octanol–water partition coefficient (Wildman–Crippen LogP) is 4.12. The minimum atomic E-state index is -0.272. The summed E-state index contributed by atoms with van der Waals surface area (Å²) in [5.41, 5.74) is 4.93. The second-order valence-corrected chi connectivity index (χ2v) is 5.91. The summed E-state index contributed by atoms with van der Waals surface area (Å²) in [5, 5.41) is 3.38. The van der Waals surface area contributed by atoms with Crippen LogP contribution in [-0.4, -0.2) is 12.6 Å². The van der Waals surface area contributed by atoms with E-state index >= 15 is 0 Å². The highest BCUT2D eigenvalue weighted by Gasteiger charge is 2.21. The molecule has 0 aromatic heterocycles. The Hall–Kier alpha value is -1.56. The third-order valence-electron chi connectivity index (χ3n) is 3.36. The maximum Gasteiger partial charge on any atom is 0.340 e. The first-order valence-electron chi connectivity index (χ1n) is 6.53. The Morgan fingerprint density at radius 1 is 1.30 bits per heavy atom. The molecule has 1 heterocycles. The molecule has 1 aliphatic rings. The van der Waals surface area contributed by atoms with E-state index in [1.165, 1.54) is 9.13 Å². The highest BCUT2D eigenvalue weighted by atomic mass is 127. The second-order valence-electron chi connectivity index (χ2n) is 4.66. The molecule has 2 aromatic rings. The van der Waals surface area contributed by atoms with Gasteiger partial charge in [-0.25, -0.2) is 4.79 Å². The molecular weight excluding hydrogens is 365 g/mol. The van der Waals surface area contributed by atoms with E-state index in [1.807, 2.05) is 25.1 Å². The number of esters is 1. The van der Waals surface area contributed by atoms with Gasteiger partial charge >= 0.3 is 5.97 Å². The first-order chi connectivity index (χ1) is 9.69. The molecule has 3 nitrogen and oxygen atoms in total. The van der Waals surface area contributed by atoms with Crippen molar-refractivity contribution in [3.63, 3.8) is 0 Å². The first-order valence-corrected chi connectivity index (χ1v) is 7.61. The lowest BCUT2D eigenvalue weighted by molar-refractivity contribution is 0.0527. The normalized spacial score (nSPS) is 12.1. The van der Waals surface area contributed by atoms with Gasteiger partial charge in [-0.05, 0) is 58.8 Å². The lowest BCUT2D eigenvalue weighted by atomic mass is 9.95. The van der Waals surface area contributed by atoms with Crippen LogP contribution in [0.2, 0.25) is 0 Å². The van der Waals surface area contributed by atoms with Crippen LogP contribution in [0.5, 0.6) is 0 Å². The van der Waals surface area contributed by atoms with Crippen LogP contribution >= 0.6 is 22.6 Å². The lowest BCUT2D eigenvalue weighted by Crippen LogP contribution is -2.13. The van der Waals surface area contributed by atoms with Gasteiger partial charge < -0.3 is 10.1 Å². The van der Waals surface area contributed by atoms with Crippen LogP contribution in [0, 0.1) is 3.57 Å². The molecule has 0 aliphatic carbocycles. The van der Waals surface area contributed by atoms with Crippen molar-refractivity contribution in [2.45, 2.75) is 13.3 Å². The van der Waals surface area contributed by atoms with E-state index in [4.69, 9.17) is 4.74 Å². The van der Waals surface area contributed by atoms with Crippen molar-refractivity contribution in [2.24, 2.45) is 0 Å². The molecule has 0 spiro atoms. The molecule has 0 fully saturated rings. The van der Waals surface area contributed by atoms with E-state index in [0.29, 0.717) is 12.2 Å². The van der Waals surface area contributed by atoms with Crippen LogP contribution < -0.4 is 5.32 Å². The van der Waals surface area contributed by atoms with Gasteiger partial charge in [-0.2, -0.15) is 0 Å². The molecule has 4 heteroatoms. The molecule has 0 atom stereocenters. The fraction of sp³-hybridized carbons (Fsp3) is 0.188. The number of hydrogen-bond acceptors (Lipinski definition) is 3. The summed E-state index contributed by atoms with van der Waals surface area (Å²) < 4.78 is 6.30. The standard InChI is InChI=1S/C16H14INO2/c1-2-20-16(19)13-5-3-4-11-8-10-6-7-12(17)9-14(10)18-15(11)13/h3-7,9,18H,2,8H2,1H3. The zero-order valence-corrected chi connectivity index (χ0v) is 13.2. The summed E-state index contributed by atoms with van der Waals surface area (Å²) in [6.45, 7) is 2.20. The monoisotopic (exact) mass is 379 g/mol. The largest absolute Gasteiger partial charge is 0.462 e. The average molecular weight is 379 g/mol. The zero-order chi connectivity index (χ0) is 14.1. The third-order valence-corrected chi connectivity index (χ3v) is 4.03. The van der Waals surface area contributed by atoms with Crippen LogP contribution in [0.15, 0.2) is 36.4 Å². The molecule has 20 heavy (non-hydrogen) atoms. The molecule has 0 saturated heterocycles. The Kier molecular flexibility index (Phi) is 3.65. The number of carbonyl (C=O) groups excluding carboxylic acids is 1. The maximum atomic E-state index is 12.0. The summed E-state index contributed by atoms with van der Waals surface area (Å²) in [6, 6.07) is 12.1. The minimum absolute atomic E-state index is 0.272. The molecule has 1 aliphatic heterocycles. The van der Waals surface area contributed by atoms with E-state index in [2.05, 4.69) is 46.1 Å². The van der Waals surface area contributed by atoms with Gasteiger partial charge in [0.25, 0.3) is 0 Å². The van der Waals surface area contributed by atoms with Gasteiger partial charge in [0, 0.05) is 15.7 Å². The van der Waals surface area contributed by atoms with Crippen LogP contribution in [0.1, 0.15) is 28.4 Å². The van der Waals surface area contributed by atoms with Crippen molar-refractivity contribution >= 4 is 39.9 Å². The predicted molar refractivity (Wildman–Crippen MR) is 87.6 cm³/mol. The van der Waals surface area contributed by atoms with Gasteiger partial charge in [0.05, 0.1) is 17.9 Å². The Labute approximate surface area is 131 Å². The summed E-state index contributed by atoms with van der Waals surface area (Å²) in [6.07, 6.45) is 0.835. The van der Waals surface area contributed by atoms with E-state index in [9.17, 15) is 4.79 Å². The number of ether oxygens (including phenoxy) is 1. The van der Waals surface area contributed by atoms with Gasteiger partial charge in [-0.1, -0.05) is 18.2 Å². The molecule has 2 aromatic carbocycles. The number of benzene rings is 2. The molecule has 0 saturated carbocycles. The summed E-state index contributed by atoms with van der Waals surface area (Å²) in [7, 11) is 0. The maximum absolute atomic E-state index is 12.0. The van der Waals surface area contributed by atoms with Gasteiger partial charge in [-0.15, -0.1) is 0 Å². The SMILES string of the molecule is CCOC(=O)c1cccc2c1Nc1cc(I)ccc1C2. The summed E-state index contributed by atoms with van der Waals surface area (Å²) in [4.78, 5) is 12.0. The molecule has 0 amide bonds. The number of carbonyl (C=O) groups is 1. The van der Waals surface area contributed by atoms with Gasteiger partial charge in [-0.3, -0.25) is 0 Å². The van der Waals surface area contributed by atoms with Gasteiger partial charge in [0.15, 0.2) is 0 Å². The Bertz CT molecular complexity index is 682. The summed E-state index contributed by atoms with van der Waals surface area (Å²) >= 11 is 2.29. The van der Waals surface area contributed by atoms with E-state index in [1.54, 1.807) is 0 Å². The van der Waals surface area contributed by atoms with Crippen molar-refractivity contribution in [3.05, 3.63) is 56.7 Å². The molecule has 1 N–H and O–H groups in total. The van der Waals surface area contributed by atoms with Crippen molar-refractivity contribution in [2.75, 3.05) is 11.9 Å². The molecule has 3 rings (SSSR count). The van der Waals surface area contributed by atoms with Crippen LogP contribution in [0.3, 0.4) is 0 Å². The van der Waals surface area contributed by atoms with Crippen molar-refractivity contribution in [3.8, 4) is 0 Å². The molecule has 0 unspecified atom stereocenters. The lowest BCUT2D eigenvalue weighted by Gasteiger charge is -2.23. The number of halogens is 1. The topological polar surface area (TPSA) is 38.3 Å². The number of anilines is 2. The highest BCUT2D eigenvalue weighted by molar-refractivity contribution is 14.1. The second kappa shape index (κ2) is 5.44. The van der Waals surface area contributed by atoms with E-state index in [0.717, 1.165) is 23.4 Å². The van der Waals surface area contributed by atoms with Crippen molar-refractivity contribution in [1.82, 2.24) is 0 Å². The van der Waals surface area contributed by atoms with Crippen molar-refractivity contribution in [1.29, 1.82) is 0 Å².